The second kappa shape index (κ2) is 8.31. The maximum Gasteiger partial charge on any atom is 0.276 e. The summed E-state index contributed by atoms with van der Waals surface area (Å²) in [6.07, 6.45) is 1.45. The van der Waals surface area contributed by atoms with Gasteiger partial charge in [0.15, 0.2) is 0 Å². The van der Waals surface area contributed by atoms with Crippen molar-refractivity contribution in [1.29, 1.82) is 0 Å². The highest BCUT2D eigenvalue weighted by Gasteiger charge is 2.10. The minimum atomic E-state index is -3.65. The van der Waals surface area contributed by atoms with Gasteiger partial charge in [-0.05, 0) is 47.5 Å². The van der Waals surface area contributed by atoms with Crippen molar-refractivity contribution in [2.24, 2.45) is 5.10 Å². The first-order chi connectivity index (χ1) is 12.6. The zero-order valence-corrected chi connectivity index (χ0v) is 14.8. The Hall–Kier alpha value is -3.12. The average molecular weight is 366 g/mol. The third kappa shape index (κ3) is 4.94. The highest BCUT2D eigenvalue weighted by Crippen LogP contribution is 2.13. The monoisotopic (exact) mass is 366 g/mol. The predicted octanol–water partition coefficient (Wildman–Crippen LogP) is 3.58. The maximum absolute atomic E-state index is 12.1. The summed E-state index contributed by atoms with van der Waals surface area (Å²) in [5.41, 5.74) is 1.85. The first-order valence-electron chi connectivity index (χ1n) is 8.00. The van der Waals surface area contributed by atoms with Crippen LogP contribution in [0.3, 0.4) is 0 Å². The quantitative estimate of drug-likeness (QED) is 0.513. The summed E-state index contributed by atoms with van der Waals surface area (Å²) in [4.78, 5) is 2.36. The predicted molar refractivity (Wildman–Crippen MR) is 102 cm³/mol. The zero-order valence-electron chi connectivity index (χ0n) is 13.9. The minimum absolute atomic E-state index is 0.168. The summed E-state index contributed by atoms with van der Waals surface area (Å²) < 4.78 is 29.8. The van der Waals surface area contributed by atoms with Crippen molar-refractivity contribution in [3.8, 4) is 5.75 Å². The molecule has 0 atom stereocenters. The van der Waals surface area contributed by atoms with E-state index in [0.717, 1.165) is 16.9 Å². The Morgan fingerprint density at radius 3 is 2.12 bits per heavy atom. The smallest absolute Gasteiger partial charge is 0.276 e. The molecule has 0 spiro atoms. The van der Waals surface area contributed by atoms with Crippen LogP contribution >= 0.6 is 0 Å². The molecule has 0 aliphatic carbocycles. The normalized spacial score (nSPS) is 11.4. The standard InChI is InChI=1S/C20H18N2O3S/c23-26(24,20-9-5-2-6-10-20)22-21-15-17-11-13-19(14-12-17)25-16-18-7-3-1-4-8-18/h1-15,22H,16H2/b21-15+. The fourth-order valence-electron chi connectivity index (χ4n) is 2.21. The van der Waals surface area contributed by atoms with E-state index < -0.39 is 10.0 Å². The van der Waals surface area contributed by atoms with Crippen LogP contribution < -0.4 is 9.57 Å². The Bertz CT molecular complexity index is 955. The lowest BCUT2D eigenvalue weighted by Gasteiger charge is -2.06. The summed E-state index contributed by atoms with van der Waals surface area (Å²) in [6.45, 7) is 0.491. The molecule has 0 aliphatic rings. The van der Waals surface area contributed by atoms with Crippen molar-refractivity contribution in [2.75, 3.05) is 0 Å². The Kier molecular flexibility index (Phi) is 5.66. The number of ether oxygens (including phenoxy) is 1. The van der Waals surface area contributed by atoms with Crippen molar-refractivity contribution in [1.82, 2.24) is 4.83 Å². The van der Waals surface area contributed by atoms with Crippen LogP contribution in [0.1, 0.15) is 11.1 Å². The summed E-state index contributed by atoms with van der Waals surface area (Å²) in [5.74, 6) is 0.732. The van der Waals surface area contributed by atoms with E-state index in [1.807, 2.05) is 42.5 Å². The van der Waals surface area contributed by atoms with Crippen LogP contribution in [0.25, 0.3) is 0 Å². The van der Waals surface area contributed by atoms with Gasteiger partial charge >= 0.3 is 0 Å². The van der Waals surface area contributed by atoms with E-state index in [-0.39, 0.29) is 4.90 Å². The summed E-state index contributed by atoms with van der Waals surface area (Å²) in [6, 6.07) is 25.2. The lowest BCUT2D eigenvalue weighted by Crippen LogP contribution is -2.18. The van der Waals surface area contributed by atoms with E-state index in [4.69, 9.17) is 4.74 Å². The third-order valence-electron chi connectivity index (χ3n) is 3.57. The molecule has 1 N–H and O–H groups in total. The highest BCUT2D eigenvalue weighted by molar-refractivity contribution is 7.89. The molecule has 0 unspecified atom stereocenters. The number of hydrogen-bond acceptors (Lipinski definition) is 4. The topological polar surface area (TPSA) is 67.8 Å². The molecule has 0 amide bonds. The third-order valence-corrected chi connectivity index (χ3v) is 4.81. The van der Waals surface area contributed by atoms with Gasteiger partial charge in [-0.25, -0.2) is 4.83 Å². The number of nitrogens with zero attached hydrogens (tertiary/aromatic N) is 1. The Balaban J connectivity index is 1.56. The van der Waals surface area contributed by atoms with E-state index in [1.54, 1.807) is 30.3 Å². The molecular weight excluding hydrogens is 348 g/mol. The van der Waals surface area contributed by atoms with Crippen LogP contribution in [-0.2, 0) is 16.6 Å². The number of hydrazone groups is 1. The SMILES string of the molecule is O=S(=O)(N/N=C/c1ccc(OCc2ccccc2)cc1)c1ccccc1. The molecule has 0 radical (unpaired) electrons. The Labute approximate surface area is 153 Å². The molecule has 3 rings (SSSR count). The largest absolute Gasteiger partial charge is 0.489 e. The average Bonchev–Trinajstić information content (AvgIpc) is 2.69. The number of sulfonamides is 1. The van der Waals surface area contributed by atoms with E-state index in [9.17, 15) is 8.42 Å². The molecule has 0 heterocycles. The van der Waals surface area contributed by atoms with E-state index in [1.165, 1.54) is 18.3 Å². The second-order valence-corrected chi connectivity index (χ2v) is 7.17. The maximum atomic E-state index is 12.1. The minimum Gasteiger partial charge on any atom is -0.489 e. The molecule has 3 aromatic rings. The Morgan fingerprint density at radius 1 is 0.846 bits per heavy atom. The molecule has 26 heavy (non-hydrogen) atoms. The van der Waals surface area contributed by atoms with Gasteiger partial charge in [-0.3, -0.25) is 0 Å². The van der Waals surface area contributed by atoms with Gasteiger partial charge in [0.2, 0.25) is 0 Å². The van der Waals surface area contributed by atoms with Gasteiger partial charge < -0.3 is 4.74 Å². The fourth-order valence-corrected chi connectivity index (χ4v) is 3.03. The van der Waals surface area contributed by atoms with Gasteiger partial charge in [0.25, 0.3) is 10.0 Å². The summed E-state index contributed by atoms with van der Waals surface area (Å²) in [5, 5.41) is 3.81. The van der Waals surface area contributed by atoms with Crippen molar-refractivity contribution in [3.05, 3.63) is 96.1 Å². The first-order valence-corrected chi connectivity index (χ1v) is 9.48. The van der Waals surface area contributed by atoms with E-state index >= 15 is 0 Å². The fraction of sp³-hybridized carbons (Fsp3) is 0.0500. The van der Waals surface area contributed by atoms with E-state index in [2.05, 4.69) is 9.93 Å². The van der Waals surface area contributed by atoms with Crippen molar-refractivity contribution in [3.63, 3.8) is 0 Å². The second-order valence-electron chi connectivity index (χ2n) is 5.51. The first kappa shape index (κ1) is 17.7. The zero-order chi connectivity index (χ0) is 18.2. The van der Waals surface area contributed by atoms with E-state index in [0.29, 0.717) is 6.61 Å². The molecule has 0 fully saturated rings. The van der Waals surface area contributed by atoms with Gasteiger partial charge in [0.05, 0.1) is 11.1 Å². The summed E-state index contributed by atoms with van der Waals surface area (Å²) >= 11 is 0. The number of hydrogen-bond donors (Lipinski definition) is 1. The molecule has 0 aromatic heterocycles. The van der Waals surface area contributed by atoms with Gasteiger partial charge in [0, 0.05) is 0 Å². The molecule has 0 saturated heterocycles. The van der Waals surface area contributed by atoms with Crippen LogP contribution in [-0.4, -0.2) is 14.6 Å². The number of rotatable bonds is 7. The van der Waals surface area contributed by atoms with Crippen molar-refractivity contribution in [2.45, 2.75) is 11.5 Å². The van der Waals surface area contributed by atoms with Crippen molar-refractivity contribution >= 4 is 16.2 Å². The van der Waals surface area contributed by atoms with Gasteiger partial charge in [0.1, 0.15) is 12.4 Å². The van der Waals surface area contributed by atoms with Gasteiger partial charge in [-0.1, -0.05) is 48.5 Å². The molecule has 5 nitrogen and oxygen atoms in total. The molecule has 0 saturated carbocycles. The highest BCUT2D eigenvalue weighted by atomic mass is 32.2. The molecular formula is C20H18N2O3S. The van der Waals surface area contributed by atoms with Crippen LogP contribution in [0.5, 0.6) is 5.75 Å². The molecule has 6 heteroatoms. The van der Waals surface area contributed by atoms with Crippen LogP contribution in [0.15, 0.2) is 94.9 Å². The van der Waals surface area contributed by atoms with Crippen molar-refractivity contribution < 1.29 is 13.2 Å². The lowest BCUT2D eigenvalue weighted by atomic mass is 10.2. The van der Waals surface area contributed by atoms with Gasteiger partial charge in [-0.2, -0.15) is 13.5 Å². The molecule has 132 valence electrons. The Morgan fingerprint density at radius 2 is 1.46 bits per heavy atom. The van der Waals surface area contributed by atoms with Crippen LogP contribution in [0.2, 0.25) is 0 Å². The summed E-state index contributed by atoms with van der Waals surface area (Å²) in [7, 11) is -3.65. The lowest BCUT2D eigenvalue weighted by molar-refractivity contribution is 0.306. The molecule has 3 aromatic carbocycles. The number of nitrogens with one attached hydrogen (secondary N) is 1. The van der Waals surface area contributed by atoms with Crippen LogP contribution in [0.4, 0.5) is 0 Å². The molecule has 0 aliphatic heterocycles. The van der Waals surface area contributed by atoms with Gasteiger partial charge in [-0.15, -0.1) is 0 Å². The number of benzene rings is 3. The van der Waals surface area contributed by atoms with Crippen LogP contribution in [0, 0.1) is 0 Å². The molecule has 0 bridgehead atoms.